The van der Waals surface area contributed by atoms with E-state index in [0.29, 0.717) is 10.6 Å². The molecule has 0 saturated carbocycles. The van der Waals surface area contributed by atoms with Crippen molar-refractivity contribution in [1.82, 2.24) is 4.57 Å². The Hall–Kier alpha value is -0.800. The average molecular weight is 301 g/mol. The fourth-order valence-electron chi connectivity index (χ4n) is 1.89. The zero-order valence-corrected chi connectivity index (χ0v) is 11.6. The number of halogens is 2. The van der Waals surface area contributed by atoms with Crippen LogP contribution in [0.15, 0.2) is 21.4 Å². The van der Waals surface area contributed by atoms with Gasteiger partial charge in [-0.15, -0.1) is 0 Å². The third kappa shape index (κ3) is 1.59. The molecule has 0 aliphatic heterocycles. The van der Waals surface area contributed by atoms with Gasteiger partial charge in [0, 0.05) is 22.5 Å². The van der Waals surface area contributed by atoms with Crippen LogP contribution in [0.1, 0.15) is 11.1 Å². The van der Waals surface area contributed by atoms with Gasteiger partial charge in [-0.2, -0.15) is 0 Å². The second-order valence-electron chi connectivity index (χ2n) is 3.95. The zero-order chi connectivity index (χ0) is 12.0. The molecule has 16 heavy (non-hydrogen) atoms. The third-order valence-electron chi connectivity index (χ3n) is 2.73. The first kappa shape index (κ1) is 11.7. The Morgan fingerprint density at radius 3 is 2.56 bits per heavy atom. The summed E-state index contributed by atoms with van der Waals surface area (Å²) in [7, 11) is 1.76. The van der Waals surface area contributed by atoms with Crippen LogP contribution >= 0.6 is 27.5 Å². The lowest BCUT2D eigenvalue weighted by molar-refractivity contribution is 0.891. The summed E-state index contributed by atoms with van der Waals surface area (Å²) in [5.41, 5.74) is 2.49. The Kier molecular flexibility index (Phi) is 2.84. The lowest BCUT2D eigenvalue weighted by Crippen LogP contribution is -2.20. The van der Waals surface area contributed by atoms with Crippen LogP contribution in [0.4, 0.5) is 0 Å². The highest BCUT2D eigenvalue weighted by molar-refractivity contribution is 9.10. The highest BCUT2D eigenvalue weighted by atomic mass is 79.9. The van der Waals surface area contributed by atoms with E-state index in [1.54, 1.807) is 18.5 Å². The Labute approximate surface area is 107 Å². The van der Waals surface area contributed by atoms with Crippen molar-refractivity contribution in [3.63, 3.8) is 0 Å². The average Bonchev–Trinajstić information content (AvgIpc) is 2.22. The Morgan fingerprint density at radius 2 is 1.94 bits per heavy atom. The predicted molar refractivity (Wildman–Crippen MR) is 71.4 cm³/mol. The van der Waals surface area contributed by atoms with E-state index >= 15 is 0 Å². The Bertz CT molecular complexity index is 646. The molecule has 0 bridgehead atoms. The van der Waals surface area contributed by atoms with E-state index < -0.39 is 0 Å². The molecular formula is C12H11BrClNO. The molecule has 2 nitrogen and oxygen atoms in total. The standard InChI is InChI=1S/C12H11BrClNO/c1-6-4-8-10(14)7(2)12(16)15(3)11(8)9(13)5-6/h4-5H,1-3H3. The second-order valence-corrected chi connectivity index (χ2v) is 5.18. The van der Waals surface area contributed by atoms with Crippen LogP contribution in [0.3, 0.4) is 0 Å². The van der Waals surface area contributed by atoms with Crippen LogP contribution in [0.25, 0.3) is 10.9 Å². The van der Waals surface area contributed by atoms with E-state index in [0.717, 1.165) is 20.9 Å². The van der Waals surface area contributed by atoms with Gasteiger partial charge in [-0.1, -0.05) is 11.6 Å². The first-order chi connectivity index (χ1) is 7.43. The van der Waals surface area contributed by atoms with Crippen molar-refractivity contribution < 1.29 is 0 Å². The lowest BCUT2D eigenvalue weighted by Gasteiger charge is -2.11. The number of pyridine rings is 1. The molecule has 0 saturated heterocycles. The number of aryl methyl sites for hydroxylation is 2. The van der Waals surface area contributed by atoms with E-state index in [1.807, 2.05) is 19.1 Å². The smallest absolute Gasteiger partial charge is 0.255 e. The molecule has 0 N–H and O–H groups in total. The first-order valence-electron chi connectivity index (χ1n) is 4.88. The van der Waals surface area contributed by atoms with Crippen LogP contribution in [-0.2, 0) is 7.05 Å². The van der Waals surface area contributed by atoms with E-state index in [1.165, 1.54) is 0 Å². The molecule has 0 aliphatic carbocycles. The van der Waals surface area contributed by atoms with E-state index in [4.69, 9.17) is 11.6 Å². The summed E-state index contributed by atoms with van der Waals surface area (Å²) < 4.78 is 2.52. The number of rotatable bonds is 0. The van der Waals surface area contributed by atoms with Crippen molar-refractivity contribution in [3.8, 4) is 0 Å². The first-order valence-corrected chi connectivity index (χ1v) is 6.05. The van der Waals surface area contributed by atoms with Gasteiger partial charge in [0.1, 0.15) is 0 Å². The van der Waals surface area contributed by atoms with Crippen molar-refractivity contribution in [2.75, 3.05) is 0 Å². The molecule has 0 atom stereocenters. The van der Waals surface area contributed by atoms with E-state index in [9.17, 15) is 4.79 Å². The number of benzene rings is 1. The minimum Gasteiger partial charge on any atom is -0.310 e. The molecule has 0 radical (unpaired) electrons. The van der Waals surface area contributed by atoms with Crippen LogP contribution in [0.5, 0.6) is 0 Å². The second kappa shape index (κ2) is 3.90. The van der Waals surface area contributed by atoms with Gasteiger partial charge in [0.05, 0.1) is 10.5 Å². The van der Waals surface area contributed by atoms with Crippen molar-refractivity contribution in [2.24, 2.45) is 7.05 Å². The summed E-state index contributed by atoms with van der Waals surface area (Å²) in [4.78, 5) is 11.9. The normalized spacial score (nSPS) is 11.1. The third-order valence-corrected chi connectivity index (χ3v) is 3.83. The van der Waals surface area contributed by atoms with Gasteiger partial charge < -0.3 is 4.57 Å². The monoisotopic (exact) mass is 299 g/mol. The maximum absolute atomic E-state index is 11.9. The van der Waals surface area contributed by atoms with E-state index in [-0.39, 0.29) is 5.56 Å². The molecule has 84 valence electrons. The lowest BCUT2D eigenvalue weighted by atomic mass is 10.1. The van der Waals surface area contributed by atoms with Gasteiger partial charge >= 0.3 is 0 Å². The topological polar surface area (TPSA) is 22.0 Å². The number of hydrogen-bond donors (Lipinski definition) is 0. The Balaban J connectivity index is 3.15. The van der Waals surface area contributed by atoms with Crippen molar-refractivity contribution in [2.45, 2.75) is 13.8 Å². The molecule has 1 aromatic carbocycles. The highest BCUT2D eigenvalue weighted by Crippen LogP contribution is 2.30. The predicted octanol–water partition coefficient (Wildman–Crippen LogP) is 3.57. The summed E-state index contributed by atoms with van der Waals surface area (Å²) in [6.45, 7) is 3.75. The fourth-order valence-corrected chi connectivity index (χ4v) is 2.96. The quantitative estimate of drug-likeness (QED) is 0.729. The molecule has 2 aromatic rings. The molecule has 2 rings (SSSR count). The minimum atomic E-state index is -0.0537. The summed E-state index contributed by atoms with van der Waals surface area (Å²) in [6.07, 6.45) is 0. The van der Waals surface area contributed by atoms with Crippen molar-refractivity contribution in [3.05, 3.63) is 43.1 Å². The minimum absolute atomic E-state index is 0.0537. The van der Waals surface area contributed by atoms with Crippen LogP contribution in [0, 0.1) is 13.8 Å². The number of nitrogens with zero attached hydrogens (tertiary/aromatic N) is 1. The van der Waals surface area contributed by atoms with Crippen LogP contribution < -0.4 is 5.56 Å². The summed E-state index contributed by atoms with van der Waals surface area (Å²) in [5.74, 6) is 0. The molecule has 1 heterocycles. The molecule has 0 aliphatic rings. The Morgan fingerprint density at radius 1 is 1.31 bits per heavy atom. The molecule has 0 spiro atoms. The van der Waals surface area contributed by atoms with Crippen LogP contribution in [0.2, 0.25) is 5.02 Å². The van der Waals surface area contributed by atoms with Crippen molar-refractivity contribution in [1.29, 1.82) is 0 Å². The van der Waals surface area contributed by atoms with Gasteiger partial charge in [0.2, 0.25) is 0 Å². The number of hydrogen-bond acceptors (Lipinski definition) is 1. The SMILES string of the molecule is Cc1cc(Br)c2c(c1)c(Cl)c(C)c(=O)n2C. The summed E-state index contributed by atoms with van der Waals surface area (Å²) in [6, 6.07) is 3.97. The summed E-state index contributed by atoms with van der Waals surface area (Å²) >= 11 is 9.69. The number of aromatic nitrogens is 1. The molecule has 0 amide bonds. The molecule has 0 fully saturated rings. The number of fused-ring (bicyclic) bond motifs is 1. The van der Waals surface area contributed by atoms with Crippen molar-refractivity contribution >= 4 is 38.4 Å². The zero-order valence-electron chi connectivity index (χ0n) is 9.27. The largest absolute Gasteiger partial charge is 0.310 e. The highest BCUT2D eigenvalue weighted by Gasteiger charge is 2.12. The maximum Gasteiger partial charge on any atom is 0.255 e. The van der Waals surface area contributed by atoms with Gasteiger partial charge in [0.15, 0.2) is 0 Å². The fraction of sp³-hybridized carbons (Fsp3) is 0.250. The van der Waals surface area contributed by atoms with Gasteiger partial charge in [-0.25, -0.2) is 0 Å². The van der Waals surface area contributed by atoms with Gasteiger partial charge in [-0.05, 0) is 47.5 Å². The van der Waals surface area contributed by atoms with Gasteiger partial charge in [-0.3, -0.25) is 4.79 Å². The molecule has 0 unspecified atom stereocenters. The molecular weight excluding hydrogens is 289 g/mol. The summed E-state index contributed by atoms with van der Waals surface area (Å²) in [5, 5.41) is 1.45. The maximum atomic E-state index is 11.9. The van der Waals surface area contributed by atoms with Gasteiger partial charge in [0.25, 0.3) is 5.56 Å². The van der Waals surface area contributed by atoms with Crippen LogP contribution in [-0.4, -0.2) is 4.57 Å². The molecule has 1 aromatic heterocycles. The molecule has 4 heteroatoms. The van der Waals surface area contributed by atoms with E-state index in [2.05, 4.69) is 15.9 Å².